The first-order valence-corrected chi connectivity index (χ1v) is 3.39. The van der Waals surface area contributed by atoms with Crippen molar-refractivity contribution in [2.45, 2.75) is 12.8 Å². The van der Waals surface area contributed by atoms with E-state index in [-0.39, 0.29) is 11.8 Å². The number of hydrogen-bond donors (Lipinski definition) is 1. The van der Waals surface area contributed by atoms with Gasteiger partial charge in [-0.3, -0.25) is 9.48 Å². The minimum atomic E-state index is -0.321. The van der Waals surface area contributed by atoms with Crippen LogP contribution in [0.3, 0.4) is 0 Å². The van der Waals surface area contributed by atoms with E-state index in [0.717, 1.165) is 5.56 Å². The van der Waals surface area contributed by atoms with Crippen LogP contribution in [0.2, 0.25) is 0 Å². The molecule has 1 amide bonds. The lowest BCUT2D eigenvalue weighted by atomic mass is 10.1. The molecule has 0 radical (unpaired) electrons. The van der Waals surface area contributed by atoms with Gasteiger partial charge in [-0.25, -0.2) is 0 Å². The summed E-state index contributed by atoms with van der Waals surface area (Å²) in [5, 5.41) is 3.93. The highest BCUT2D eigenvalue weighted by atomic mass is 16.1. The molecule has 1 aromatic rings. The molecule has 0 aliphatic rings. The van der Waals surface area contributed by atoms with Gasteiger partial charge in [0.15, 0.2) is 0 Å². The molecule has 0 saturated heterocycles. The predicted octanol–water partition coefficient (Wildman–Crippen LogP) is 0.00890. The monoisotopic (exact) mass is 153 g/mol. The van der Waals surface area contributed by atoms with E-state index in [1.165, 1.54) is 0 Å². The molecule has 11 heavy (non-hydrogen) atoms. The normalized spacial score (nSPS) is 12.9. The van der Waals surface area contributed by atoms with Crippen molar-refractivity contribution in [2.24, 2.45) is 12.8 Å². The number of aromatic nitrogens is 2. The minimum absolute atomic E-state index is 0.247. The number of aryl methyl sites for hydroxylation is 1. The Morgan fingerprint density at radius 2 is 2.45 bits per heavy atom. The number of hydrogen-bond acceptors (Lipinski definition) is 2. The summed E-state index contributed by atoms with van der Waals surface area (Å²) in [5.41, 5.74) is 5.96. The molecule has 0 aromatic carbocycles. The molecule has 0 aliphatic carbocycles. The molecule has 1 unspecified atom stereocenters. The maximum absolute atomic E-state index is 10.7. The first-order chi connectivity index (χ1) is 5.11. The average Bonchev–Trinajstić information content (AvgIpc) is 2.34. The quantitative estimate of drug-likeness (QED) is 0.650. The zero-order chi connectivity index (χ0) is 8.43. The molecule has 0 saturated carbocycles. The van der Waals surface area contributed by atoms with E-state index in [1.54, 1.807) is 31.0 Å². The summed E-state index contributed by atoms with van der Waals surface area (Å²) >= 11 is 0. The Labute approximate surface area is 65.0 Å². The summed E-state index contributed by atoms with van der Waals surface area (Å²) in [7, 11) is 1.80. The number of carbonyl (C=O) groups is 1. The fourth-order valence-corrected chi connectivity index (χ4v) is 0.828. The molecule has 0 aliphatic heterocycles. The van der Waals surface area contributed by atoms with Gasteiger partial charge in [0.05, 0.1) is 12.1 Å². The average molecular weight is 153 g/mol. The van der Waals surface area contributed by atoms with Gasteiger partial charge >= 0.3 is 0 Å². The van der Waals surface area contributed by atoms with Gasteiger partial charge in [0.2, 0.25) is 5.91 Å². The topological polar surface area (TPSA) is 60.9 Å². The van der Waals surface area contributed by atoms with Crippen LogP contribution in [0.15, 0.2) is 12.4 Å². The van der Waals surface area contributed by atoms with Gasteiger partial charge in [0.25, 0.3) is 0 Å². The van der Waals surface area contributed by atoms with Crippen LogP contribution in [-0.4, -0.2) is 15.7 Å². The highest BCUT2D eigenvalue weighted by Crippen LogP contribution is 2.11. The van der Waals surface area contributed by atoms with Crippen LogP contribution in [0.1, 0.15) is 18.4 Å². The third-order valence-corrected chi connectivity index (χ3v) is 1.65. The van der Waals surface area contributed by atoms with Crippen LogP contribution in [0, 0.1) is 0 Å². The highest BCUT2D eigenvalue weighted by molar-refractivity contribution is 5.81. The van der Waals surface area contributed by atoms with Crippen molar-refractivity contribution in [3.63, 3.8) is 0 Å². The van der Waals surface area contributed by atoms with Crippen molar-refractivity contribution < 1.29 is 4.79 Å². The van der Waals surface area contributed by atoms with Crippen LogP contribution >= 0.6 is 0 Å². The molecular formula is C7H11N3O. The summed E-state index contributed by atoms with van der Waals surface area (Å²) in [6.45, 7) is 1.76. The maximum atomic E-state index is 10.7. The van der Waals surface area contributed by atoms with E-state index >= 15 is 0 Å². The number of nitrogens with two attached hydrogens (primary N) is 1. The number of nitrogens with zero attached hydrogens (tertiary/aromatic N) is 2. The van der Waals surface area contributed by atoms with Crippen molar-refractivity contribution in [2.75, 3.05) is 0 Å². The Bertz CT molecular complexity index is 266. The van der Waals surface area contributed by atoms with Gasteiger partial charge in [-0.05, 0) is 6.92 Å². The molecule has 0 bridgehead atoms. The summed E-state index contributed by atoms with van der Waals surface area (Å²) in [6.07, 6.45) is 3.44. The molecule has 2 N–H and O–H groups in total. The predicted molar refractivity (Wildman–Crippen MR) is 40.8 cm³/mol. The maximum Gasteiger partial charge on any atom is 0.224 e. The molecule has 1 atom stereocenters. The van der Waals surface area contributed by atoms with Crippen molar-refractivity contribution >= 4 is 5.91 Å². The summed E-state index contributed by atoms with van der Waals surface area (Å²) in [6, 6.07) is 0. The lowest BCUT2D eigenvalue weighted by Crippen LogP contribution is -2.18. The molecule has 1 aromatic heterocycles. The van der Waals surface area contributed by atoms with Crippen LogP contribution in [-0.2, 0) is 11.8 Å². The van der Waals surface area contributed by atoms with Gasteiger partial charge in [-0.1, -0.05) is 0 Å². The van der Waals surface area contributed by atoms with Crippen LogP contribution < -0.4 is 5.73 Å². The molecule has 4 nitrogen and oxygen atoms in total. The van der Waals surface area contributed by atoms with E-state index in [4.69, 9.17) is 5.73 Å². The van der Waals surface area contributed by atoms with Gasteiger partial charge in [-0.2, -0.15) is 5.10 Å². The molecule has 60 valence electrons. The van der Waals surface area contributed by atoms with Gasteiger partial charge in [0.1, 0.15) is 0 Å². The Morgan fingerprint density at radius 1 is 1.82 bits per heavy atom. The Balaban J connectivity index is 2.84. The van der Waals surface area contributed by atoms with E-state index in [0.29, 0.717) is 0 Å². The van der Waals surface area contributed by atoms with Crippen molar-refractivity contribution in [1.82, 2.24) is 9.78 Å². The number of primary amides is 1. The lowest BCUT2D eigenvalue weighted by molar-refractivity contribution is -0.119. The molecule has 4 heteroatoms. The Hall–Kier alpha value is -1.32. The van der Waals surface area contributed by atoms with Crippen molar-refractivity contribution in [3.05, 3.63) is 18.0 Å². The number of rotatable bonds is 2. The summed E-state index contributed by atoms with van der Waals surface area (Å²) in [5.74, 6) is -0.568. The second-order valence-corrected chi connectivity index (χ2v) is 2.57. The largest absolute Gasteiger partial charge is 0.369 e. The van der Waals surface area contributed by atoms with Crippen LogP contribution in [0.4, 0.5) is 0 Å². The number of carbonyl (C=O) groups excluding carboxylic acids is 1. The first-order valence-electron chi connectivity index (χ1n) is 3.39. The molecule has 0 spiro atoms. The Morgan fingerprint density at radius 3 is 2.82 bits per heavy atom. The molecule has 0 fully saturated rings. The summed E-state index contributed by atoms with van der Waals surface area (Å²) < 4.78 is 1.65. The van der Waals surface area contributed by atoms with E-state index in [1.807, 2.05) is 0 Å². The highest BCUT2D eigenvalue weighted by Gasteiger charge is 2.12. The molecule has 1 rings (SSSR count). The van der Waals surface area contributed by atoms with Gasteiger partial charge in [-0.15, -0.1) is 0 Å². The SMILES string of the molecule is CC(C(N)=O)c1cnn(C)c1. The van der Waals surface area contributed by atoms with Crippen molar-refractivity contribution in [1.29, 1.82) is 0 Å². The fraction of sp³-hybridized carbons (Fsp3) is 0.429. The molecular weight excluding hydrogens is 142 g/mol. The standard InChI is InChI=1S/C7H11N3O/c1-5(7(8)11)6-3-9-10(2)4-6/h3-5H,1-2H3,(H2,8,11). The number of amides is 1. The lowest BCUT2D eigenvalue weighted by Gasteiger charge is -2.01. The molecule has 1 heterocycles. The fourth-order valence-electron chi connectivity index (χ4n) is 0.828. The Kier molecular flexibility index (Phi) is 1.94. The second kappa shape index (κ2) is 2.74. The van der Waals surface area contributed by atoms with E-state index in [2.05, 4.69) is 5.10 Å². The third kappa shape index (κ3) is 1.58. The third-order valence-electron chi connectivity index (χ3n) is 1.65. The first kappa shape index (κ1) is 7.78. The van der Waals surface area contributed by atoms with Crippen molar-refractivity contribution in [3.8, 4) is 0 Å². The van der Waals surface area contributed by atoms with Gasteiger partial charge in [0, 0.05) is 18.8 Å². The van der Waals surface area contributed by atoms with Gasteiger partial charge < -0.3 is 5.73 Å². The zero-order valence-electron chi connectivity index (χ0n) is 6.61. The second-order valence-electron chi connectivity index (χ2n) is 2.57. The van der Waals surface area contributed by atoms with E-state index < -0.39 is 0 Å². The summed E-state index contributed by atoms with van der Waals surface area (Å²) in [4.78, 5) is 10.7. The minimum Gasteiger partial charge on any atom is -0.369 e. The van der Waals surface area contributed by atoms with E-state index in [9.17, 15) is 4.79 Å². The van der Waals surface area contributed by atoms with Crippen LogP contribution in [0.25, 0.3) is 0 Å². The van der Waals surface area contributed by atoms with Crippen LogP contribution in [0.5, 0.6) is 0 Å². The smallest absolute Gasteiger partial charge is 0.224 e. The zero-order valence-corrected chi connectivity index (χ0v) is 6.61.